The second-order valence-corrected chi connectivity index (χ2v) is 7.98. The molecule has 0 aromatic heterocycles. The Bertz CT molecular complexity index is 659. The summed E-state index contributed by atoms with van der Waals surface area (Å²) in [7, 11) is 0. The summed E-state index contributed by atoms with van der Waals surface area (Å²) < 4.78 is 0. The third-order valence-electron chi connectivity index (χ3n) is 4.24. The van der Waals surface area contributed by atoms with E-state index in [9.17, 15) is 29.1 Å². The van der Waals surface area contributed by atoms with Gasteiger partial charge in [-0.1, -0.05) is 13.8 Å². The van der Waals surface area contributed by atoms with Crippen LogP contribution in [0.4, 0.5) is 0 Å². The van der Waals surface area contributed by atoms with Crippen molar-refractivity contribution in [3.8, 4) is 0 Å². The van der Waals surface area contributed by atoms with Crippen molar-refractivity contribution < 1.29 is 34.2 Å². The minimum atomic E-state index is -1.47. The van der Waals surface area contributed by atoms with Gasteiger partial charge in [0.25, 0.3) is 0 Å². The van der Waals surface area contributed by atoms with Crippen molar-refractivity contribution in [1.29, 1.82) is 0 Å². The zero-order valence-electron chi connectivity index (χ0n) is 17.8. The average Bonchev–Trinajstić information content (AvgIpc) is 2.66. The van der Waals surface area contributed by atoms with Gasteiger partial charge in [-0.2, -0.15) is 12.6 Å². The summed E-state index contributed by atoms with van der Waals surface area (Å²) in [5.74, 6) is -4.53. The molecule has 31 heavy (non-hydrogen) atoms. The number of rotatable bonds is 14. The molecular weight excluding hydrogens is 430 g/mol. The summed E-state index contributed by atoms with van der Waals surface area (Å²) in [5.41, 5.74) is 10.8. The number of hydrogen-bond acceptors (Lipinski definition) is 8. The molecule has 13 heteroatoms. The topological polar surface area (TPSA) is 214 Å². The number of primary amides is 1. The molecule has 0 spiro atoms. The number of nitrogens with two attached hydrogens (primary N) is 2. The molecule has 0 aliphatic rings. The van der Waals surface area contributed by atoms with Gasteiger partial charge in [0.1, 0.15) is 18.1 Å². The van der Waals surface area contributed by atoms with E-state index in [1.54, 1.807) is 0 Å². The molecule has 0 saturated carbocycles. The van der Waals surface area contributed by atoms with E-state index in [1.807, 2.05) is 13.8 Å². The highest BCUT2D eigenvalue weighted by atomic mass is 32.1. The number of aliphatic hydroxyl groups is 1. The van der Waals surface area contributed by atoms with E-state index in [1.165, 1.54) is 6.92 Å². The van der Waals surface area contributed by atoms with Crippen molar-refractivity contribution in [2.75, 3.05) is 5.75 Å². The molecule has 0 rings (SSSR count). The molecule has 178 valence electrons. The van der Waals surface area contributed by atoms with Crippen LogP contribution in [0.3, 0.4) is 0 Å². The number of carbonyl (C=O) groups is 5. The van der Waals surface area contributed by atoms with Gasteiger partial charge in [0.05, 0.1) is 12.1 Å². The van der Waals surface area contributed by atoms with Crippen LogP contribution in [-0.4, -0.2) is 75.8 Å². The van der Waals surface area contributed by atoms with E-state index >= 15 is 0 Å². The number of nitrogens with one attached hydrogen (secondary N) is 3. The molecule has 0 aliphatic carbocycles. The van der Waals surface area contributed by atoms with Gasteiger partial charge < -0.3 is 37.6 Å². The van der Waals surface area contributed by atoms with Crippen LogP contribution in [-0.2, 0) is 24.0 Å². The molecule has 0 fully saturated rings. The van der Waals surface area contributed by atoms with E-state index in [0.717, 1.165) is 0 Å². The minimum absolute atomic E-state index is 0.00378. The highest BCUT2D eigenvalue weighted by molar-refractivity contribution is 7.80. The second kappa shape index (κ2) is 13.8. The Morgan fingerprint density at radius 1 is 0.935 bits per heavy atom. The zero-order valence-corrected chi connectivity index (χ0v) is 18.7. The number of carboxylic acids is 1. The summed E-state index contributed by atoms with van der Waals surface area (Å²) in [5, 5.41) is 25.9. The van der Waals surface area contributed by atoms with E-state index < -0.39 is 59.9 Å². The predicted octanol–water partition coefficient (Wildman–Crippen LogP) is -2.53. The molecule has 0 heterocycles. The molecule has 5 unspecified atom stereocenters. The van der Waals surface area contributed by atoms with Crippen LogP contribution in [0, 0.1) is 5.92 Å². The number of aliphatic hydroxyl groups excluding tert-OH is 1. The normalized spacial score (nSPS) is 15.8. The first-order valence-electron chi connectivity index (χ1n) is 9.76. The molecule has 0 saturated heterocycles. The first-order chi connectivity index (χ1) is 14.3. The molecule has 5 atom stereocenters. The molecule has 4 amide bonds. The molecule has 9 N–H and O–H groups in total. The van der Waals surface area contributed by atoms with Crippen LogP contribution in [0.15, 0.2) is 0 Å². The smallest absolute Gasteiger partial charge is 0.327 e. The predicted molar refractivity (Wildman–Crippen MR) is 115 cm³/mol. The Morgan fingerprint density at radius 3 is 1.90 bits per heavy atom. The second-order valence-electron chi connectivity index (χ2n) is 7.61. The van der Waals surface area contributed by atoms with Gasteiger partial charge in [-0.3, -0.25) is 19.2 Å². The molecular formula is C18H33N5O7S. The molecule has 0 bridgehead atoms. The van der Waals surface area contributed by atoms with Crippen molar-refractivity contribution in [2.24, 2.45) is 17.4 Å². The number of carbonyl (C=O) groups excluding carboxylic acids is 4. The first kappa shape index (κ1) is 28.6. The van der Waals surface area contributed by atoms with Gasteiger partial charge >= 0.3 is 5.97 Å². The van der Waals surface area contributed by atoms with Gasteiger partial charge in [-0.25, -0.2) is 4.79 Å². The minimum Gasteiger partial charge on any atom is -0.480 e. The summed E-state index contributed by atoms with van der Waals surface area (Å²) in [6, 6.07) is -4.94. The van der Waals surface area contributed by atoms with E-state index in [2.05, 4.69) is 28.6 Å². The number of hydrogen-bond donors (Lipinski definition) is 8. The highest BCUT2D eigenvalue weighted by Crippen LogP contribution is 2.07. The summed E-state index contributed by atoms with van der Waals surface area (Å²) >= 11 is 3.84. The fourth-order valence-corrected chi connectivity index (χ4v) is 2.76. The Morgan fingerprint density at radius 2 is 1.48 bits per heavy atom. The standard InChI is InChI=1S/C18H33N5O7S/c1-8(2)6-11(21-15(26)10(19)4-5-13(20)25)16(27)23-14(9(3)24)17(28)22-12(7-31)18(29)30/h8-12,14,24,31H,4-7,19H2,1-3H3,(H2,20,25)(H,21,26)(H,22,28)(H,23,27)(H,29,30). The average molecular weight is 464 g/mol. The number of thiol groups is 1. The molecule has 12 nitrogen and oxygen atoms in total. The monoisotopic (exact) mass is 463 g/mol. The van der Waals surface area contributed by atoms with Crippen LogP contribution >= 0.6 is 12.6 Å². The lowest BCUT2D eigenvalue weighted by atomic mass is 10.0. The molecule has 0 aliphatic heterocycles. The molecule has 0 radical (unpaired) electrons. The van der Waals surface area contributed by atoms with Crippen molar-refractivity contribution in [2.45, 2.75) is 70.3 Å². The van der Waals surface area contributed by atoms with Gasteiger partial charge in [-0.05, 0) is 25.7 Å². The van der Waals surface area contributed by atoms with E-state index in [0.29, 0.717) is 0 Å². The lowest BCUT2D eigenvalue weighted by Crippen LogP contribution is -2.60. The van der Waals surface area contributed by atoms with Gasteiger partial charge in [-0.15, -0.1) is 0 Å². The van der Waals surface area contributed by atoms with Crippen LogP contribution in [0.1, 0.15) is 40.0 Å². The number of aliphatic carboxylic acids is 1. The van der Waals surface area contributed by atoms with Gasteiger partial charge in [0.2, 0.25) is 23.6 Å². The summed E-state index contributed by atoms with van der Waals surface area (Å²) in [6.07, 6.45) is -1.26. The lowest BCUT2D eigenvalue weighted by molar-refractivity contribution is -0.142. The van der Waals surface area contributed by atoms with Crippen LogP contribution in [0.2, 0.25) is 0 Å². The fraction of sp³-hybridized carbons (Fsp3) is 0.722. The van der Waals surface area contributed by atoms with Crippen molar-refractivity contribution >= 4 is 42.2 Å². The van der Waals surface area contributed by atoms with E-state index in [4.69, 9.17) is 16.6 Å². The third kappa shape index (κ3) is 11.0. The van der Waals surface area contributed by atoms with Crippen molar-refractivity contribution in [1.82, 2.24) is 16.0 Å². The Kier molecular flexibility index (Phi) is 12.8. The van der Waals surface area contributed by atoms with Crippen LogP contribution in [0.5, 0.6) is 0 Å². The van der Waals surface area contributed by atoms with Crippen molar-refractivity contribution in [3.63, 3.8) is 0 Å². The van der Waals surface area contributed by atoms with Gasteiger partial charge in [0, 0.05) is 12.2 Å². The fourth-order valence-electron chi connectivity index (χ4n) is 2.52. The maximum absolute atomic E-state index is 12.7. The SMILES string of the molecule is CC(C)CC(NC(=O)C(N)CCC(N)=O)C(=O)NC(C(=O)NC(CS)C(=O)O)C(C)O. The summed E-state index contributed by atoms with van der Waals surface area (Å²) in [6.45, 7) is 4.86. The molecule has 0 aromatic rings. The van der Waals surface area contributed by atoms with Crippen LogP contribution < -0.4 is 27.4 Å². The highest BCUT2D eigenvalue weighted by Gasteiger charge is 2.32. The lowest BCUT2D eigenvalue weighted by Gasteiger charge is -2.27. The molecule has 0 aromatic carbocycles. The number of amides is 4. The quantitative estimate of drug-likeness (QED) is 0.128. The van der Waals surface area contributed by atoms with Crippen molar-refractivity contribution in [3.05, 3.63) is 0 Å². The zero-order chi connectivity index (χ0) is 24.3. The maximum Gasteiger partial charge on any atom is 0.327 e. The third-order valence-corrected chi connectivity index (χ3v) is 4.60. The van der Waals surface area contributed by atoms with Gasteiger partial charge in [0.15, 0.2) is 0 Å². The maximum atomic E-state index is 12.7. The Balaban J connectivity index is 5.31. The summed E-state index contributed by atoms with van der Waals surface area (Å²) in [4.78, 5) is 59.4. The first-order valence-corrected chi connectivity index (χ1v) is 10.4. The number of carboxylic acid groups (broad SMARTS) is 1. The van der Waals surface area contributed by atoms with Crippen LogP contribution in [0.25, 0.3) is 0 Å². The largest absolute Gasteiger partial charge is 0.480 e. The Hall–Kier alpha value is -2.38. The van der Waals surface area contributed by atoms with E-state index in [-0.39, 0.29) is 30.9 Å². The Labute approximate surface area is 186 Å².